The molecule has 114 valence electrons. The fourth-order valence-electron chi connectivity index (χ4n) is 2.15. The fourth-order valence-corrected chi connectivity index (χ4v) is 2.31. The van der Waals surface area contributed by atoms with E-state index >= 15 is 0 Å². The molecule has 1 N–H and O–H groups in total. The molecule has 2 aromatic heterocycles. The lowest BCUT2D eigenvalue weighted by molar-refractivity contribution is 0.0678. The first-order valence-corrected chi connectivity index (χ1v) is 6.58. The lowest BCUT2D eigenvalue weighted by Gasteiger charge is -2.01. The van der Waals surface area contributed by atoms with Crippen LogP contribution in [0.25, 0.3) is 10.9 Å². The van der Waals surface area contributed by atoms with Gasteiger partial charge in [-0.1, -0.05) is 17.7 Å². The summed E-state index contributed by atoms with van der Waals surface area (Å²) in [4.78, 5) is 19.2. The highest BCUT2D eigenvalue weighted by molar-refractivity contribution is 6.31. The molecule has 0 atom stereocenters. The number of rotatable bonds is 3. The number of pyridine rings is 1. The second kappa shape index (κ2) is 6.29. The Hall–Kier alpha value is -2.18. The summed E-state index contributed by atoms with van der Waals surface area (Å²) in [6.45, 7) is 0. The third-order valence-corrected chi connectivity index (χ3v) is 3.28. The highest BCUT2D eigenvalue weighted by atomic mass is 35.5. The molecule has 2 heterocycles. The SMILES string of the molecule is Cl.Cn1nc(Cc2ccc3ncc(Cl)cc3c2)nc1C(=O)O. The molecular formula is C14H12Cl2N4O2. The summed E-state index contributed by atoms with van der Waals surface area (Å²) in [5, 5.41) is 14.6. The monoisotopic (exact) mass is 338 g/mol. The molecular weight excluding hydrogens is 327 g/mol. The molecule has 0 aliphatic carbocycles. The number of carboxylic acids is 1. The van der Waals surface area contributed by atoms with Crippen LogP contribution in [0.15, 0.2) is 30.5 Å². The van der Waals surface area contributed by atoms with Crippen molar-refractivity contribution in [3.63, 3.8) is 0 Å². The summed E-state index contributed by atoms with van der Waals surface area (Å²) < 4.78 is 1.26. The van der Waals surface area contributed by atoms with Gasteiger partial charge in [-0.25, -0.2) is 14.5 Å². The number of aryl methyl sites for hydroxylation is 1. The van der Waals surface area contributed by atoms with Crippen molar-refractivity contribution < 1.29 is 9.90 Å². The molecule has 6 nitrogen and oxygen atoms in total. The number of aromatic carboxylic acids is 1. The third kappa shape index (κ3) is 3.18. The lowest BCUT2D eigenvalue weighted by atomic mass is 10.1. The van der Waals surface area contributed by atoms with E-state index in [0.29, 0.717) is 17.3 Å². The first kappa shape index (κ1) is 16.2. The van der Waals surface area contributed by atoms with E-state index in [4.69, 9.17) is 16.7 Å². The normalized spacial score (nSPS) is 10.5. The van der Waals surface area contributed by atoms with Crippen molar-refractivity contribution in [3.8, 4) is 0 Å². The second-order valence-electron chi connectivity index (χ2n) is 4.64. The summed E-state index contributed by atoms with van der Waals surface area (Å²) in [6, 6.07) is 7.59. The first-order chi connectivity index (χ1) is 10.0. The second-order valence-corrected chi connectivity index (χ2v) is 5.07. The third-order valence-electron chi connectivity index (χ3n) is 3.07. The van der Waals surface area contributed by atoms with Gasteiger partial charge >= 0.3 is 5.97 Å². The van der Waals surface area contributed by atoms with Crippen LogP contribution in [-0.2, 0) is 13.5 Å². The topological polar surface area (TPSA) is 80.9 Å². The van der Waals surface area contributed by atoms with E-state index in [-0.39, 0.29) is 18.2 Å². The minimum atomic E-state index is -1.09. The van der Waals surface area contributed by atoms with Crippen molar-refractivity contribution in [3.05, 3.63) is 52.7 Å². The molecule has 22 heavy (non-hydrogen) atoms. The Labute approximate surface area is 137 Å². The van der Waals surface area contributed by atoms with Crippen molar-refractivity contribution >= 4 is 40.9 Å². The number of carboxylic acid groups (broad SMARTS) is 1. The van der Waals surface area contributed by atoms with Gasteiger partial charge in [0.1, 0.15) is 0 Å². The lowest BCUT2D eigenvalue weighted by Crippen LogP contribution is -2.06. The van der Waals surface area contributed by atoms with Gasteiger partial charge in [-0.2, -0.15) is 5.10 Å². The Morgan fingerprint density at radius 3 is 2.82 bits per heavy atom. The van der Waals surface area contributed by atoms with Gasteiger partial charge in [-0.3, -0.25) is 4.98 Å². The van der Waals surface area contributed by atoms with Gasteiger partial charge in [0.25, 0.3) is 0 Å². The van der Waals surface area contributed by atoms with Gasteiger partial charge in [-0.15, -0.1) is 12.4 Å². The van der Waals surface area contributed by atoms with E-state index in [0.717, 1.165) is 16.5 Å². The first-order valence-electron chi connectivity index (χ1n) is 6.20. The average molecular weight is 339 g/mol. The predicted molar refractivity (Wildman–Crippen MR) is 84.8 cm³/mol. The van der Waals surface area contributed by atoms with Crippen molar-refractivity contribution in [1.29, 1.82) is 0 Å². The minimum Gasteiger partial charge on any atom is -0.475 e. The van der Waals surface area contributed by atoms with E-state index in [1.165, 1.54) is 4.68 Å². The molecule has 3 rings (SSSR count). The maximum absolute atomic E-state index is 11.0. The largest absolute Gasteiger partial charge is 0.475 e. The molecule has 8 heteroatoms. The number of hydrogen-bond acceptors (Lipinski definition) is 4. The van der Waals surface area contributed by atoms with Gasteiger partial charge in [0, 0.05) is 25.1 Å². The van der Waals surface area contributed by atoms with Gasteiger partial charge in [0.15, 0.2) is 5.82 Å². The highest BCUT2D eigenvalue weighted by Gasteiger charge is 2.14. The van der Waals surface area contributed by atoms with Crippen LogP contribution in [0.3, 0.4) is 0 Å². The highest BCUT2D eigenvalue weighted by Crippen LogP contribution is 2.19. The quantitative estimate of drug-likeness (QED) is 0.794. The Kier molecular flexibility index (Phi) is 4.63. The van der Waals surface area contributed by atoms with Crippen molar-refractivity contribution in [2.75, 3.05) is 0 Å². The summed E-state index contributed by atoms with van der Waals surface area (Å²) >= 11 is 5.93. The summed E-state index contributed by atoms with van der Waals surface area (Å²) in [5.41, 5.74) is 1.82. The number of aromatic nitrogens is 4. The molecule has 0 bridgehead atoms. The molecule has 0 aliphatic heterocycles. The minimum absolute atomic E-state index is 0. The Morgan fingerprint density at radius 2 is 2.14 bits per heavy atom. The number of fused-ring (bicyclic) bond motifs is 1. The predicted octanol–water partition coefficient (Wildman–Crippen LogP) is 2.73. The van der Waals surface area contributed by atoms with E-state index < -0.39 is 5.97 Å². The Balaban J connectivity index is 0.00000176. The summed E-state index contributed by atoms with van der Waals surface area (Å²) in [6.07, 6.45) is 2.05. The van der Waals surface area contributed by atoms with Gasteiger partial charge < -0.3 is 5.11 Å². The van der Waals surface area contributed by atoms with Crippen LogP contribution >= 0.6 is 24.0 Å². The molecule has 0 unspecified atom stereocenters. The standard InChI is InChI=1S/C14H11ClN4O2.ClH/c1-19-13(14(20)21)17-12(18-19)5-8-2-3-11-9(4-8)6-10(15)7-16-11;/h2-4,6-7H,5H2,1H3,(H,20,21);1H. The van der Waals surface area contributed by atoms with E-state index in [1.807, 2.05) is 24.3 Å². The molecule has 1 aromatic carbocycles. The molecule has 3 aromatic rings. The van der Waals surface area contributed by atoms with Crippen LogP contribution < -0.4 is 0 Å². The smallest absolute Gasteiger partial charge is 0.373 e. The number of halogens is 2. The van der Waals surface area contributed by atoms with Crippen LogP contribution in [0.2, 0.25) is 5.02 Å². The molecule has 0 spiro atoms. The van der Waals surface area contributed by atoms with Gasteiger partial charge in [-0.05, 0) is 23.8 Å². The summed E-state index contributed by atoms with van der Waals surface area (Å²) in [7, 11) is 1.56. The van der Waals surface area contributed by atoms with Crippen molar-refractivity contribution in [2.45, 2.75) is 6.42 Å². The van der Waals surface area contributed by atoms with Gasteiger partial charge in [0.05, 0.1) is 10.5 Å². The Bertz CT molecular complexity index is 848. The van der Waals surface area contributed by atoms with Crippen LogP contribution in [0.4, 0.5) is 0 Å². The molecule has 0 saturated carbocycles. The average Bonchev–Trinajstić information content (AvgIpc) is 2.79. The zero-order chi connectivity index (χ0) is 15.0. The van der Waals surface area contributed by atoms with E-state index in [9.17, 15) is 4.79 Å². The molecule has 0 fully saturated rings. The zero-order valence-electron chi connectivity index (χ0n) is 11.5. The summed E-state index contributed by atoms with van der Waals surface area (Å²) in [5.74, 6) is -0.703. The number of carbonyl (C=O) groups is 1. The van der Waals surface area contributed by atoms with Crippen molar-refractivity contribution in [2.24, 2.45) is 7.05 Å². The van der Waals surface area contributed by atoms with Crippen molar-refractivity contribution in [1.82, 2.24) is 19.7 Å². The van der Waals surface area contributed by atoms with Crippen LogP contribution in [0.1, 0.15) is 22.0 Å². The van der Waals surface area contributed by atoms with E-state index in [2.05, 4.69) is 15.1 Å². The van der Waals surface area contributed by atoms with Crippen LogP contribution in [0.5, 0.6) is 0 Å². The maximum atomic E-state index is 11.0. The molecule has 0 saturated heterocycles. The fraction of sp³-hybridized carbons (Fsp3) is 0.143. The zero-order valence-corrected chi connectivity index (χ0v) is 13.1. The van der Waals surface area contributed by atoms with Crippen LogP contribution in [-0.4, -0.2) is 30.8 Å². The molecule has 0 aliphatic rings. The van der Waals surface area contributed by atoms with Gasteiger partial charge in [0.2, 0.25) is 5.82 Å². The maximum Gasteiger partial charge on any atom is 0.373 e. The number of hydrogen-bond donors (Lipinski definition) is 1. The molecule has 0 radical (unpaired) electrons. The number of benzene rings is 1. The molecule has 0 amide bonds. The van der Waals surface area contributed by atoms with E-state index in [1.54, 1.807) is 13.2 Å². The Morgan fingerprint density at radius 1 is 1.36 bits per heavy atom. The number of nitrogens with zero attached hydrogens (tertiary/aromatic N) is 4. The van der Waals surface area contributed by atoms with Crippen LogP contribution in [0, 0.1) is 0 Å².